The molecule has 0 amide bonds. The molecule has 0 saturated carbocycles. The van der Waals surface area contributed by atoms with E-state index in [4.69, 9.17) is 0 Å². The average molecular weight is 411 g/mol. The van der Waals surface area contributed by atoms with Crippen LogP contribution in [0.2, 0.25) is 0 Å². The molecule has 0 radical (unpaired) electrons. The second kappa shape index (κ2) is 6.08. The zero-order valence-corrected chi connectivity index (χ0v) is 18.1. The lowest BCUT2D eigenvalue weighted by molar-refractivity contribution is 0.667. The highest BCUT2D eigenvalue weighted by Gasteiger charge is 2.39. The molecular formula is C30H22N2. The number of hydrogen-bond acceptors (Lipinski definition) is 1. The monoisotopic (exact) mass is 410 g/mol. The summed E-state index contributed by atoms with van der Waals surface area (Å²) in [5.41, 5.74) is 9.07. The molecule has 2 nitrogen and oxygen atoms in total. The van der Waals surface area contributed by atoms with E-state index in [1.54, 1.807) is 0 Å². The number of hydrogen-bond donors (Lipinski definition) is 0. The smallest absolute Gasteiger partial charge is 0.0645 e. The molecule has 4 aromatic carbocycles. The number of rotatable bonds is 1. The van der Waals surface area contributed by atoms with Gasteiger partial charge in [0.15, 0.2) is 0 Å². The minimum Gasteiger partial charge on any atom is -0.308 e. The van der Waals surface area contributed by atoms with Crippen LogP contribution in [0.5, 0.6) is 0 Å². The van der Waals surface area contributed by atoms with Gasteiger partial charge in [-0.2, -0.15) is 0 Å². The van der Waals surface area contributed by atoms with Crippen LogP contribution < -0.4 is 0 Å². The largest absolute Gasteiger partial charge is 0.308 e. The topological polar surface area (TPSA) is 17.8 Å². The Labute approximate surface area is 186 Å². The van der Waals surface area contributed by atoms with Crippen LogP contribution in [0, 0.1) is 0 Å². The van der Waals surface area contributed by atoms with Crippen molar-refractivity contribution in [2.75, 3.05) is 0 Å². The van der Waals surface area contributed by atoms with E-state index in [9.17, 15) is 0 Å². The van der Waals surface area contributed by atoms with Gasteiger partial charge in [-0.05, 0) is 57.3 Å². The van der Waals surface area contributed by atoms with Crippen LogP contribution in [0.25, 0.3) is 49.4 Å². The summed E-state index contributed by atoms with van der Waals surface area (Å²) >= 11 is 0. The predicted molar refractivity (Wildman–Crippen MR) is 134 cm³/mol. The van der Waals surface area contributed by atoms with Crippen LogP contribution in [0.3, 0.4) is 0 Å². The maximum Gasteiger partial charge on any atom is 0.0645 e. The summed E-state index contributed by atoms with van der Waals surface area (Å²) in [5, 5.41) is 5.29. The lowest BCUT2D eigenvalue weighted by Gasteiger charge is -2.23. The molecule has 7 rings (SSSR count). The van der Waals surface area contributed by atoms with Crippen molar-refractivity contribution < 1.29 is 0 Å². The van der Waals surface area contributed by atoms with Crippen LogP contribution in [0.15, 0.2) is 97.3 Å². The van der Waals surface area contributed by atoms with E-state index >= 15 is 0 Å². The SMILES string of the molecule is CC1(C)c2ccc3ccccc3c2-c2ccc3c(c21)c1ccccc1n3-c1cccnc1. The van der Waals surface area contributed by atoms with E-state index in [0.29, 0.717) is 0 Å². The molecule has 1 aliphatic rings. The van der Waals surface area contributed by atoms with E-state index in [1.807, 2.05) is 18.5 Å². The summed E-state index contributed by atoms with van der Waals surface area (Å²) in [7, 11) is 0. The highest BCUT2D eigenvalue weighted by Crippen LogP contribution is 2.55. The van der Waals surface area contributed by atoms with Crippen LogP contribution >= 0.6 is 0 Å². The second-order valence-electron chi connectivity index (χ2n) is 9.28. The van der Waals surface area contributed by atoms with Crippen LogP contribution in [-0.2, 0) is 5.41 Å². The molecule has 152 valence electrons. The lowest BCUT2D eigenvalue weighted by atomic mass is 9.80. The van der Waals surface area contributed by atoms with E-state index in [0.717, 1.165) is 5.69 Å². The highest BCUT2D eigenvalue weighted by molar-refractivity contribution is 6.16. The molecule has 1 aliphatic carbocycles. The highest BCUT2D eigenvalue weighted by atomic mass is 15.0. The zero-order valence-electron chi connectivity index (χ0n) is 18.1. The van der Waals surface area contributed by atoms with Crippen molar-refractivity contribution in [3.05, 3.63) is 108 Å². The van der Waals surface area contributed by atoms with E-state index in [2.05, 4.69) is 102 Å². The van der Waals surface area contributed by atoms with Crippen molar-refractivity contribution >= 4 is 32.6 Å². The molecule has 2 aromatic heterocycles. The van der Waals surface area contributed by atoms with Crippen molar-refractivity contribution in [2.45, 2.75) is 19.3 Å². The summed E-state index contributed by atoms with van der Waals surface area (Å²) in [6.07, 6.45) is 3.78. The van der Waals surface area contributed by atoms with Gasteiger partial charge in [0, 0.05) is 22.4 Å². The first-order chi connectivity index (χ1) is 15.7. The van der Waals surface area contributed by atoms with Crippen LogP contribution in [-0.4, -0.2) is 9.55 Å². The van der Waals surface area contributed by atoms with Crippen molar-refractivity contribution in [1.29, 1.82) is 0 Å². The number of fused-ring (bicyclic) bond motifs is 9. The first-order valence-corrected chi connectivity index (χ1v) is 11.2. The minimum absolute atomic E-state index is 0.0852. The maximum absolute atomic E-state index is 4.40. The number of nitrogens with zero attached hydrogens (tertiary/aromatic N) is 2. The molecule has 2 heteroatoms. The fourth-order valence-electron chi connectivity index (χ4n) is 5.90. The molecule has 0 unspecified atom stereocenters. The number of pyridine rings is 1. The number of benzene rings is 4. The molecule has 6 aromatic rings. The first-order valence-electron chi connectivity index (χ1n) is 11.2. The second-order valence-corrected chi connectivity index (χ2v) is 9.28. The fourth-order valence-corrected chi connectivity index (χ4v) is 5.90. The molecule has 32 heavy (non-hydrogen) atoms. The summed E-state index contributed by atoms with van der Waals surface area (Å²) < 4.78 is 2.36. The summed E-state index contributed by atoms with van der Waals surface area (Å²) in [4.78, 5) is 4.40. The standard InChI is InChI=1S/C30H22N2/c1-30(2)24-15-13-19-8-3-4-10-21(19)27(24)23-14-16-26-28(29(23)30)22-11-5-6-12-25(22)32(26)20-9-7-17-31-18-20/h3-18H,1-2H3. The van der Waals surface area contributed by atoms with Crippen LogP contribution in [0.1, 0.15) is 25.0 Å². The van der Waals surface area contributed by atoms with Crippen molar-refractivity contribution in [3.8, 4) is 16.8 Å². The molecule has 0 atom stereocenters. The molecule has 0 bridgehead atoms. The third-order valence-electron chi connectivity index (χ3n) is 7.24. The zero-order chi connectivity index (χ0) is 21.4. The molecule has 2 heterocycles. The lowest BCUT2D eigenvalue weighted by Crippen LogP contribution is -2.15. The van der Waals surface area contributed by atoms with Gasteiger partial charge in [0.1, 0.15) is 0 Å². The number of para-hydroxylation sites is 1. The molecule has 0 aliphatic heterocycles. The molecule has 0 N–H and O–H groups in total. The Kier molecular flexibility index (Phi) is 3.37. The van der Waals surface area contributed by atoms with Crippen molar-refractivity contribution in [1.82, 2.24) is 9.55 Å². The van der Waals surface area contributed by atoms with E-state index in [-0.39, 0.29) is 5.41 Å². The predicted octanol–water partition coefficient (Wildman–Crippen LogP) is 7.64. The molecule has 0 fully saturated rings. The minimum atomic E-state index is -0.0852. The van der Waals surface area contributed by atoms with E-state index < -0.39 is 0 Å². The maximum atomic E-state index is 4.40. The Morgan fingerprint density at radius 3 is 2.38 bits per heavy atom. The van der Waals surface area contributed by atoms with E-state index in [1.165, 1.54) is 54.8 Å². The van der Waals surface area contributed by atoms with Gasteiger partial charge in [-0.25, -0.2) is 0 Å². The Balaban J connectivity index is 1.69. The molecular weight excluding hydrogens is 388 g/mol. The van der Waals surface area contributed by atoms with Gasteiger partial charge in [-0.3, -0.25) is 4.98 Å². The van der Waals surface area contributed by atoms with Gasteiger partial charge in [-0.15, -0.1) is 0 Å². The van der Waals surface area contributed by atoms with Gasteiger partial charge < -0.3 is 4.57 Å². The summed E-state index contributed by atoms with van der Waals surface area (Å²) in [5.74, 6) is 0. The molecule has 0 saturated heterocycles. The van der Waals surface area contributed by atoms with Gasteiger partial charge >= 0.3 is 0 Å². The summed E-state index contributed by atoms with van der Waals surface area (Å²) in [6.45, 7) is 4.75. The fraction of sp³-hybridized carbons (Fsp3) is 0.100. The van der Waals surface area contributed by atoms with Gasteiger partial charge in [0.05, 0.1) is 22.9 Å². The molecule has 0 spiro atoms. The average Bonchev–Trinajstić information content (AvgIpc) is 3.29. The van der Waals surface area contributed by atoms with Gasteiger partial charge in [0.25, 0.3) is 0 Å². The Hall–Kier alpha value is -3.91. The summed E-state index contributed by atoms with van der Waals surface area (Å²) in [6, 6.07) is 30.9. The Bertz CT molecular complexity index is 1690. The number of aromatic nitrogens is 2. The van der Waals surface area contributed by atoms with Crippen molar-refractivity contribution in [3.63, 3.8) is 0 Å². The third kappa shape index (κ3) is 2.12. The van der Waals surface area contributed by atoms with Gasteiger partial charge in [0.2, 0.25) is 0 Å². The normalized spacial score (nSPS) is 14.2. The van der Waals surface area contributed by atoms with Crippen molar-refractivity contribution in [2.24, 2.45) is 0 Å². The first kappa shape index (κ1) is 17.7. The quantitative estimate of drug-likeness (QED) is 0.272. The van der Waals surface area contributed by atoms with Gasteiger partial charge in [-0.1, -0.05) is 74.5 Å². The van der Waals surface area contributed by atoms with Crippen LogP contribution in [0.4, 0.5) is 0 Å². The Morgan fingerprint density at radius 1 is 0.719 bits per heavy atom. The third-order valence-corrected chi connectivity index (χ3v) is 7.24. The Morgan fingerprint density at radius 2 is 1.53 bits per heavy atom.